The summed E-state index contributed by atoms with van der Waals surface area (Å²) in [6.45, 7) is 2.28. The van der Waals surface area contributed by atoms with Crippen molar-refractivity contribution in [1.29, 1.82) is 0 Å². The first kappa shape index (κ1) is 18.8. The highest BCUT2D eigenvalue weighted by atomic mass is 32.1. The largest absolute Gasteiger partial charge is 0.179 e. The van der Waals surface area contributed by atoms with E-state index in [0.29, 0.717) is 0 Å². The van der Waals surface area contributed by atoms with Crippen molar-refractivity contribution in [2.75, 3.05) is 5.75 Å². The summed E-state index contributed by atoms with van der Waals surface area (Å²) in [4.78, 5) is 0. The Balaban J connectivity index is 3.12. The van der Waals surface area contributed by atoms with E-state index in [1.54, 1.807) is 0 Å². The molecule has 0 aromatic rings. The van der Waals surface area contributed by atoms with E-state index in [-0.39, 0.29) is 0 Å². The number of rotatable bonds is 14. The van der Waals surface area contributed by atoms with Gasteiger partial charge in [0.05, 0.1) is 0 Å². The zero-order chi connectivity index (χ0) is 14.0. The van der Waals surface area contributed by atoms with Crippen LogP contribution in [0.5, 0.6) is 0 Å². The molecule has 19 heavy (non-hydrogen) atoms. The van der Waals surface area contributed by atoms with Crippen molar-refractivity contribution >= 4 is 12.6 Å². The third kappa shape index (κ3) is 17.8. The Labute approximate surface area is 127 Å². The molecule has 0 aliphatic heterocycles. The molecule has 0 aromatic carbocycles. The van der Waals surface area contributed by atoms with Gasteiger partial charge in [-0.1, -0.05) is 69.8 Å². The number of hydrogen-bond acceptors (Lipinski definition) is 1. The fourth-order valence-electron chi connectivity index (χ4n) is 2.10. The molecule has 1 heteroatoms. The van der Waals surface area contributed by atoms with Crippen molar-refractivity contribution in [3.05, 3.63) is 24.3 Å². The van der Waals surface area contributed by atoms with E-state index in [9.17, 15) is 0 Å². The normalized spacial score (nSPS) is 11.9. The molecular weight excluding hydrogens is 248 g/mol. The van der Waals surface area contributed by atoms with Gasteiger partial charge in [-0.3, -0.25) is 0 Å². The van der Waals surface area contributed by atoms with Crippen LogP contribution in [0, 0.1) is 0 Å². The van der Waals surface area contributed by atoms with Gasteiger partial charge >= 0.3 is 0 Å². The topological polar surface area (TPSA) is 0 Å². The van der Waals surface area contributed by atoms with Gasteiger partial charge in [-0.05, 0) is 44.3 Å². The molecular formula is C18H34S. The van der Waals surface area contributed by atoms with Crippen molar-refractivity contribution < 1.29 is 0 Å². The number of unbranched alkanes of at least 4 members (excludes halogenated alkanes) is 9. The van der Waals surface area contributed by atoms with Gasteiger partial charge in [-0.25, -0.2) is 0 Å². The summed E-state index contributed by atoms with van der Waals surface area (Å²) in [5, 5.41) is 0. The summed E-state index contributed by atoms with van der Waals surface area (Å²) in [5.41, 5.74) is 0. The lowest BCUT2D eigenvalue weighted by atomic mass is 10.1. The molecule has 0 saturated heterocycles. The SMILES string of the molecule is CCCCCCCCC/C=C\C/C=C\CCCCS. The van der Waals surface area contributed by atoms with Gasteiger partial charge in [0, 0.05) is 0 Å². The Morgan fingerprint density at radius 2 is 1.16 bits per heavy atom. The number of hydrogen-bond donors (Lipinski definition) is 1. The molecule has 0 radical (unpaired) electrons. The van der Waals surface area contributed by atoms with Crippen LogP contribution in [0.4, 0.5) is 0 Å². The summed E-state index contributed by atoms with van der Waals surface area (Å²) in [6, 6.07) is 0. The van der Waals surface area contributed by atoms with Gasteiger partial charge in [0.15, 0.2) is 0 Å². The van der Waals surface area contributed by atoms with Crippen molar-refractivity contribution in [3.8, 4) is 0 Å². The zero-order valence-corrected chi connectivity index (χ0v) is 13.8. The second kappa shape index (κ2) is 17.8. The molecule has 0 rings (SSSR count). The molecule has 0 atom stereocenters. The Kier molecular flexibility index (Phi) is 17.7. The molecule has 0 fully saturated rings. The molecule has 0 aromatic heterocycles. The zero-order valence-electron chi connectivity index (χ0n) is 12.9. The average Bonchev–Trinajstić information content (AvgIpc) is 2.43. The third-order valence-electron chi connectivity index (χ3n) is 3.36. The minimum atomic E-state index is 1.02. The van der Waals surface area contributed by atoms with E-state index in [1.807, 2.05) is 0 Å². The fourth-order valence-corrected chi connectivity index (χ4v) is 2.32. The molecule has 0 N–H and O–H groups in total. The minimum Gasteiger partial charge on any atom is -0.179 e. The molecule has 0 aliphatic rings. The monoisotopic (exact) mass is 282 g/mol. The van der Waals surface area contributed by atoms with E-state index in [4.69, 9.17) is 0 Å². The van der Waals surface area contributed by atoms with Gasteiger partial charge in [-0.2, -0.15) is 12.6 Å². The first-order valence-electron chi connectivity index (χ1n) is 8.32. The van der Waals surface area contributed by atoms with E-state index >= 15 is 0 Å². The molecule has 0 spiro atoms. The number of allylic oxidation sites excluding steroid dienone is 4. The minimum absolute atomic E-state index is 1.02. The summed E-state index contributed by atoms with van der Waals surface area (Å²) in [6.07, 6.45) is 25.2. The molecule has 0 saturated carbocycles. The molecule has 112 valence electrons. The molecule has 0 heterocycles. The maximum Gasteiger partial charge on any atom is -0.00978 e. The van der Waals surface area contributed by atoms with Crippen molar-refractivity contribution in [2.24, 2.45) is 0 Å². The van der Waals surface area contributed by atoms with Gasteiger partial charge in [0.2, 0.25) is 0 Å². The maximum absolute atomic E-state index is 4.21. The quantitative estimate of drug-likeness (QED) is 0.204. The maximum atomic E-state index is 4.21. The highest BCUT2D eigenvalue weighted by molar-refractivity contribution is 7.80. The third-order valence-corrected chi connectivity index (χ3v) is 3.67. The lowest BCUT2D eigenvalue weighted by Crippen LogP contribution is -1.78. The van der Waals surface area contributed by atoms with Crippen LogP contribution in [0.2, 0.25) is 0 Å². The lowest BCUT2D eigenvalue weighted by Gasteiger charge is -1.98. The van der Waals surface area contributed by atoms with E-state index in [1.165, 1.54) is 70.6 Å². The molecule has 0 aliphatic carbocycles. The summed E-state index contributed by atoms with van der Waals surface area (Å²) in [7, 11) is 0. The van der Waals surface area contributed by atoms with Crippen LogP contribution in [0.1, 0.15) is 84.0 Å². The first-order valence-corrected chi connectivity index (χ1v) is 8.96. The standard InChI is InChI=1S/C18H34S/c1-2-3-4-5-6-7-8-9-10-11-12-13-14-15-16-17-18-19/h10-11,13-14,19H,2-9,12,15-18H2,1H3/b11-10-,14-13-. The lowest BCUT2D eigenvalue weighted by molar-refractivity contribution is 0.592. The summed E-state index contributed by atoms with van der Waals surface area (Å²) in [5.74, 6) is 1.02. The van der Waals surface area contributed by atoms with E-state index in [0.717, 1.165) is 12.2 Å². The second-order valence-corrected chi connectivity index (χ2v) is 5.76. The highest BCUT2D eigenvalue weighted by Crippen LogP contribution is 2.08. The Morgan fingerprint density at radius 1 is 0.632 bits per heavy atom. The smallest absolute Gasteiger partial charge is 0.00978 e. The Morgan fingerprint density at radius 3 is 1.74 bits per heavy atom. The van der Waals surface area contributed by atoms with Crippen LogP contribution in [0.3, 0.4) is 0 Å². The average molecular weight is 283 g/mol. The Hall–Kier alpha value is -0.170. The summed E-state index contributed by atoms with van der Waals surface area (Å²) >= 11 is 4.21. The summed E-state index contributed by atoms with van der Waals surface area (Å²) < 4.78 is 0. The van der Waals surface area contributed by atoms with Crippen molar-refractivity contribution in [1.82, 2.24) is 0 Å². The highest BCUT2D eigenvalue weighted by Gasteiger charge is 1.89. The predicted octanol–water partition coefficient (Wildman–Crippen LogP) is 6.73. The van der Waals surface area contributed by atoms with Gasteiger partial charge in [0.1, 0.15) is 0 Å². The Bertz CT molecular complexity index is 206. The predicted molar refractivity (Wildman–Crippen MR) is 93.2 cm³/mol. The van der Waals surface area contributed by atoms with Crippen molar-refractivity contribution in [3.63, 3.8) is 0 Å². The van der Waals surface area contributed by atoms with Crippen LogP contribution < -0.4 is 0 Å². The molecule has 0 nitrogen and oxygen atoms in total. The fraction of sp³-hybridized carbons (Fsp3) is 0.778. The van der Waals surface area contributed by atoms with Crippen LogP contribution in [-0.2, 0) is 0 Å². The van der Waals surface area contributed by atoms with Crippen LogP contribution in [0.25, 0.3) is 0 Å². The number of thiol groups is 1. The first-order chi connectivity index (χ1) is 9.41. The molecule has 0 unspecified atom stereocenters. The van der Waals surface area contributed by atoms with Gasteiger partial charge in [-0.15, -0.1) is 0 Å². The van der Waals surface area contributed by atoms with Crippen molar-refractivity contribution in [2.45, 2.75) is 84.0 Å². The van der Waals surface area contributed by atoms with Gasteiger partial charge in [0.25, 0.3) is 0 Å². The van der Waals surface area contributed by atoms with E-state index in [2.05, 4.69) is 43.9 Å². The second-order valence-electron chi connectivity index (χ2n) is 5.31. The molecule has 0 bridgehead atoms. The van der Waals surface area contributed by atoms with E-state index < -0.39 is 0 Å². The molecule has 0 amide bonds. The van der Waals surface area contributed by atoms with Crippen LogP contribution >= 0.6 is 12.6 Å². The van der Waals surface area contributed by atoms with Crippen LogP contribution in [-0.4, -0.2) is 5.75 Å². The van der Waals surface area contributed by atoms with Crippen LogP contribution in [0.15, 0.2) is 24.3 Å². The van der Waals surface area contributed by atoms with Gasteiger partial charge < -0.3 is 0 Å².